The van der Waals surface area contributed by atoms with Crippen LogP contribution in [0.4, 0.5) is 0 Å². The van der Waals surface area contributed by atoms with Gasteiger partial charge in [0, 0.05) is 5.02 Å². The SMILES string of the molecule is CC(NC(=O)c1ccc(Cl)cc1O)C(N)=O. The quantitative estimate of drug-likeness (QED) is 0.727. The Morgan fingerprint density at radius 2 is 2.12 bits per heavy atom. The molecule has 0 aliphatic heterocycles. The van der Waals surface area contributed by atoms with Crippen LogP contribution in [0.1, 0.15) is 17.3 Å². The highest BCUT2D eigenvalue weighted by Gasteiger charge is 2.16. The van der Waals surface area contributed by atoms with E-state index >= 15 is 0 Å². The molecule has 0 spiro atoms. The lowest BCUT2D eigenvalue weighted by Gasteiger charge is -2.10. The summed E-state index contributed by atoms with van der Waals surface area (Å²) in [6.45, 7) is 1.45. The summed E-state index contributed by atoms with van der Waals surface area (Å²) in [5.74, 6) is -1.48. The minimum absolute atomic E-state index is 0.0394. The molecule has 0 fully saturated rings. The van der Waals surface area contributed by atoms with E-state index in [0.717, 1.165) is 0 Å². The van der Waals surface area contributed by atoms with Crippen LogP contribution in [0.3, 0.4) is 0 Å². The van der Waals surface area contributed by atoms with E-state index in [9.17, 15) is 14.7 Å². The lowest BCUT2D eigenvalue weighted by Crippen LogP contribution is -2.42. The molecule has 0 heterocycles. The van der Waals surface area contributed by atoms with Gasteiger partial charge >= 0.3 is 0 Å². The summed E-state index contributed by atoms with van der Waals surface area (Å²) in [5, 5.41) is 12.1. The summed E-state index contributed by atoms with van der Waals surface area (Å²) < 4.78 is 0. The summed E-state index contributed by atoms with van der Waals surface area (Å²) in [6, 6.07) is 3.26. The van der Waals surface area contributed by atoms with Gasteiger partial charge in [0.1, 0.15) is 11.8 Å². The molecule has 0 aliphatic rings. The van der Waals surface area contributed by atoms with E-state index in [1.54, 1.807) is 0 Å². The number of phenols is 1. The van der Waals surface area contributed by atoms with Gasteiger partial charge in [-0.15, -0.1) is 0 Å². The molecular formula is C10H11ClN2O3. The first-order valence-corrected chi connectivity index (χ1v) is 4.88. The van der Waals surface area contributed by atoms with Gasteiger partial charge < -0.3 is 16.2 Å². The molecular weight excluding hydrogens is 232 g/mol. The third-order valence-electron chi connectivity index (χ3n) is 1.98. The molecule has 1 aromatic rings. The fourth-order valence-electron chi connectivity index (χ4n) is 1.04. The Bertz CT molecular complexity index is 434. The molecule has 86 valence electrons. The fourth-order valence-corrected chi connectivity index (χ4v) is 1.21. The highest BCUT2D eigenvalue weighted by molar-refractivity contribution is 6.30. The van der Waals surface area contributed by atoms with Crippen LogP contribution in [0, 0.1) is 0 Å². The van der Waals surface area contributed by atoms with E-state index in [-0.39, 0.29) is 11.3 Å². The second kappa shape index (κ2) is 4.85. The van der Waals surface area contributed by atoms with Crippen LogP contribution in [0.5, 0.6) is 5.75 Å². The molecule has 0 aromatic heterocycles. The molecule has 16 heavy (non-hydrogen) atoms. The molecule has 1 unspecified atom stereocenters. The van der Waals surface area contributed by atoms with Crippen molar-refractivity contribution in [2.75, 3.05) is 0 Å². The van der Waals surface area contributed by atoms with Crippen molar-refractivity contribution in [2.24, 2.45) is 5.73 Å². The number of nitrogens with two attached hydrogens (primary N) is 1. The summed E-state index contributed by atoms with van der Waals surface area (Å²) in [6.07, 6.45) is 0. The molecule has 2 amide bonds. The maximum absolute atomic E-state index is 11.6. The van der Waals surface area contributed by atoms with Crippen LogP contribution in [0.2, 0.25) is 5.02 Å². The molecule has 0 aliphatic carbocycles. The Balaban J connectivity index is 2.85. The average molecular weight is 243 g/mol. The van der Waals surface area contributed by atoms with E-state index in [1.165, 1.54) is 25.1 Å². The molecule has 1 atom stereocenters. The number of phenolic OH excluding ortho intramolecular Hbond substituents is 1. The predicted molar refractivity (Wildman–Crippen MR) is 59.2 cm³/mol. The van der Waals surface area contributed by atoms with Crippen LogP contribution in [-0.4, -0.2) is 23.0 Å². The summed E-state index contributed by atoms with van der Waals surface area (Å²) in [4.78, 5) is 22.3. The van der Waals surface area contributed by atoms with Crippen LogP contribution in [0.25, 0.3) is 0 Å². The van der Waals surface area contributed by atoms with Crippen molar-refractivity contribution in [2.45, 2.75) is 13.0 Å². The van der Waals surface area contributed by atoms with Crippen LogP contribution >= 0.6 is 11.6 Å². The number of benzene rings is 1. The Kier molecular flexibility index (Phi) is 3.73. The second-order valence-electron chi connectivity index (χ2n) is 3.26. The van der Waals surface area contributed by atoms with Gasteiger partial charge in [-0.05, 0) is 25.1 Å². The minimum Gasteiger partial charge on any atom is -0.507 e. The van der Waals surface area contributed by atoms with Gasteiger partial charge in [0.25, 0.3) is 5.91 Å². The highest BCUT2D eigenvalue weighted by Crippen LogP contribution is 2.21. The molecule has 0 bridgehead atoms. The van der Waals surface area contributed by atoms with Gasteiger partial charge in [0.15, 0.2) is 0 Å². The van der Waals surface area contributed by atoms with Gasteiger partial charge in [-0.25, -0.2) is 0 Å². The van der Waals surface area contributed by atoms with E-state index < -0.39 is 17.9 Å². The molecule has 0 radical (unpaired) electrons. The first-order valence-electron chi connectivity index (χ1n) is 4.50. The predicted octanol–water partition coefficient (Wildman–Crippen LogP) is 0.649. The Morgan fingerprint density at radius 3 is 2.62 bits per heavy atom. The number of primary amides is 1. The van der Waals surface area contributed by atoms with Gasteiger partial charge in [-0.2, -0.15) is 0 Å². The van der Waals surface area contributed by atoms with E-state index in [4.69, 9.17) is 17.3 Å². The van der Waals surface area contributed by atoms with E-state index in [2.05, 4.69) is 5.32 Å². The number of rotatable bonds is 3. The van der Waals surface area contributed by atoms with Gasteiger partial charge in [0.05, 0.1) is 5.56 Å². The maximum Gasteiger partial charge on any atom is 0.255 e. The molecule has 0 saturated carbocycles. The number of halogens is 1. The smallest absolute Gasteiger partial charge is 0.255 e. The lowest BCUT2D eigenvalue weighted by atomic mass is 10.1. The van der Waals surface area contributed by atoms with Crippen molar-refractivity contribution in [3.63, 3.8) is 0 Å². The third kappa shape index (κ3) is 2.87. The van der Waals surface area contributed by atoms with Crippen molar-refractivity contribution >= 4 is 23.4 Å². The Labute approximate surface area is 97.2 Å². The molecule has 0 saturated heterocycles. The second-order valence-corrected chi connectivity index (χ2v) is 3.70. The number of nitrogens with one attached hydrogen (secondary N) is 1. The molecule has 1 aromatic carbocycles. The normalized spacial score (nSPS) is 11.9. The van der Waals surface area contributed by atoms with Crippen molar-refractivity contribution in [3.8, 4) is 5.75 Å². The van der Waals surface area contributed by atoms with Crippen molar-refractivity contribution in [1.82, 2.24) is 5.32 Å². The fraction of sp³-hybridized carbons (Fsp3) is 0.200. The number of carbonyl (C=O) groups excluding carboxylic acids is 2. The maximum atomic E-state index is 11.6. The first kappa shape index (κ1) is 12.3. The number of amides is 2. The standard InChI is InChI=1S/C10H11ClN2O3/c1-5(9(12)15)13-10(16)7-3-2-6(11)4-8(7)14/h2-5,14H,1H3,(H2,12,15)(H,13,16). The summed E-state index contributed by atoms with van der Waals surface area (Å²) >= 11 is 5.61. The van der Waals surface area contributed by atoms with Gasteiger partial charge in [0.2, 0.25) is 5.91 Å². The number of hydrogen-bond donors (Lipinski definition) is 3. The van der Waals surface area contributed by atoms with Crippen LogP contribution in [-0.2, 0) is 4.79 Å². The number of aromatic hydroxyl groups is 1. The Morgan fingerprint density at radius 1 is 1.50 bits per heavy atom. The topological polar surface area (TPSA) is 92.4 Å². The third-order valence-corrected chi connectivity index (χ3v) is 2.21. The molecule has 6 heteroatoms. The summed E-state index contributed by atoms with van der Waals surface area (Å²) in [5.41, 5.74) is 5.03. The van der Waals surface area contributed by atoms with Crippen molar-refractivity contribution in [3.05, 3.63) is 28.8 Å². The van der Waals surface area contributed by atoms with Crippen LogP contribution < -0.4 is 11.1 Å². The van der Waals surface area contributed by atoms with Crippen molar-refractivity contribution in [1.29, 1.82) is 0 Å². The highest BCUT2D eigenvalue weighted by atomic mass is 35.5. The van der Waals surface area contributed by atoms with Crippen molar-refractivity contribution < 1.29 is 14.7 Å². The monoisotopic (exact) mass is 242 g/mol. The summed E-state index contributed by atoms with van der Waals surface area (Å²) in [7, 11) is 0. The zero-order valence-corrected chi connectivity index (χ0v) is 9.28. The Hall–Kier alpha value is -1.75. The molecule has 5 nitrogen and oxygen atoms in total. The molecule has 4 N–H and O–H groups in total. The molecule has 1 rings (SSSR count). The zero-order chi connectivity index (χ0) is 12.3. The van der Waals surface area contributed by atoms with Gasteiger partial charge in [-0.1, -0.05) is 11.6 Å². The average Bonchev–Trinajstić information content (AvgIpc) is 2.16. The number of carbonyl (C=O) groups is 2. The largest absolute Gasteiger partial charge is 0.507 e. The van der Waals surface area contributed by atoms with Gasteiger partial charge in [-0.3, -0.25) is 9.59 Å². The van der Waals surface area contributed by atoms with E-state index in [1.807, 2.05) is 0 Å². The zero-order valence-electron chi connectivity index (χ0n) is 8.53. The lowest BCUT2D eigenvalue weighted by molar-refractivity contribution is -0.119. The minimum atomic E-state index is -0.803. The van der Waals surface area contributed by atoms with Crippen LogP contribution in [0.15, 0.2) is 18.2 Å². The number of hydrogen-bond acceptors (Lipinski definition) is 3. The van der Waals surface area contributed by atoms with E-state index in [0.29, 0.717) is 5.02 Å². The first-order chi connectivity index (χ1) is 7.41.